The van der Waals surface area contributed by atoms with E-state index in [4.69, 9.17) is 9.15 Å². The van der Waals surface area contributed by atoms with Gasteiger partial charge in [-0.2, -0.15) is 0 Å². The fourth-order valence-electron chi connectivity index (χ4n) is 2.72. The second-order valence-electron chi connectivity index (χ2n) is 6.57. The van der Waals surface area contributed by atoms with Crippen molar-refractivity contribution in [2.75, 3.05) is 0 Å². The van der Waals surface area contributed by atoms with Crippen LogP contribution in [0.3, 0.4) is 0 Å². The number of nitrogens with one attached hydrogen (secondary N) is 1. The predicted octanol–water partition coefficient (Wildman–Crippen LogP) is 4.90. The molecule has 0 aliphatic carbocycles. The minimum atomic E-state index is -0.335. The first-order valence-electron chi connectivity index (χ1n) is 9.21. The first kappa shape index (κ1) is 19.8. The summed E-state index contributed by atoms with van der Waals surface area (Å²) in [5.74, 6) is 1.90. The van der Waals surface area contributed by atoms with Gasteiger partial charge >= 0.3 is 0 Å². The molecule has 1 aromatic carbocycles. The average Bonchev–Trinajstić information content (AvgIpc) is 3.37. The Bertz CT molecular complexity index is 1150. The third-order valence-corrected chi connectivity index (χ3v) is 5.08. The van der Waals surface area contributed by atoms with Crippen molar-refractivity contribution in [1.82, 2.24) is 15.3 Å². The third kappa shape index (κ3) is 5.09. The highest BCUT2D eigenvalue weighted by Crippen LogP contribution is 2.25. The number of pyridine rings is 1. The molecule has 4 rings (SSSR count). The van der Waals surface area contributed by atoms with Gasteiger partial charge < -0.3 is 14.5 Å². The molecule has 1 amide bonds. The quantitative estimate of drug-likeness (QED) is 0.458. The third-order valence-electron chi connectivity index (χ3n) is 4.17. The molecule has 3 aromatic heterocycles. The fourth-order valence-corrected chi connectivity index (χ4v) is 3.50. The smallest absolute Gasteiger partial charge is 0.226 e. The second-order valence-corrected chi connectivity index (χ2v) is 7.42. The van der Waals surface area contributed by atoms with Crippen molar-refractivity contribution in [2.45, 2.75) is 19.9 Å². The molecule has 0 radical (unpaired) electrons. The number of carbonyl (C=O) groups is 1. The lowest BCUT2D eigenvalue weighted by Gasteiger charge is -2.08. The molecular weight excluding hydrogens is 405 g/mol. The van der Waals surface area contributed by atoms with Crippen LogP contribution in [0.1, 0.15) is 17.0 Å². The maximum atomic E-state index is 13.0. The Morgan fingerprint density at radius 1 is 1.20 bits per heavy atom. The van der Waals surface area contributed by atoms with Crippen LogP contribution in [-0.4, -0.2) is 15.9 Å². The molecule has 3 heterocycles. The Morgan fingerprint density at radius 2 is 2.03 bits per heavy atom. The zero-order valence-corrected chi connectivity index (χ0v) is 16.9. The molecule has 8 heteroatoms. The number of amides is 1. The molecule has 1 N–H and O–H groups in total. The molecule has 0 atom stereocenters. The minimum absolute atomic E-state index is 0.139. The summed E-state index contributed by atoms with van der Waals surface area (Å²) in [7, 11) is 0. The van der Waals surface area contributed by atoms with Gasteiger partial charge in [0.15, 0.2) is 10.8 Å². The van der Waals surface area contributed by atoms with E-state index in [9.17, 15) is 9.18 Å². The van der Waals surface area contributed by atoms with Gasteiger partial charge in [0.2, 0.25) is 11.8 Å². The lowest BCUT2D eigenvalue weighted by atomic mass is 10.2. The molecule has 0 aliphatic heterocycles. The zero-order chi connectivity index (χ0) is 20.9. The van der Waals surface area contributed by atoms with Gasteiger partial charge in [-0.25, -0.2) is 14.4 Å². The van der Waals surface area contributed by atoms with Crippen LogP contribution in [0.2, 0.25) is 0 Å². The maximum absolute atomic E-state index is 13.0. The van der Waals surface area contributed by atoms with Crippen LogP contribution in [0.25, 0.3) is 10.8 Å². The SMILES string of the molecule is Cc1ccc(-c2nc(CC(=O)NCc3ccnc(Oc4ccc(F)cc4)c3)cs2)o1. The Labute approximate surface area is 176 Å². The highest BCUT2D eigenvalue weighted by molar-refractivity contribution is 7.13. The predicted molar refractivity (Wildman–Crippen MR) is 111 cm³/mol. The van der Waals surface area contributed by atoms with Crippen LogP contribution < -0.4 is 10.1 Å². The topological polar surface area (TPSA) is 77.2 Å². The average molecular weight is 423 g/mol. The van der Waals surface area contributed by atoms with Crippen molar-refractivity contribution in [3.8, 4) is 22.4 Å². The number of hydrogen-bond donors (Lipinski definition) is 1. The summed E-state index contributed by atoms with van der Waals surface area (Å²) in [6.07, 6.45) is 1.78. The molecule has 0 aliphatic rings. The van der Waals surface area contributed by atoms with Crippen LogP contribution in [-0.2, 0) is 17.8 Å². The van der Waals surface area contributed by atoms with Crippen molar-refractivity contribution in [3.05, 3.63) is 82.9 Å². The molecule has 0 bridgehead atoms. The van der Waals surface area contributed by atoms with E-state index in [1.54, 1.807) is 18.3 Å². The number of benzene rings is 1. The van der Waals surface area contributed by atoms with E-state index < -0.39 is 0 Å². The van der Waals surface area contributed by atoms with Gasteiger partial charge in [-0.05, 0) is 55.0 Å². The fraction of sp³-hybridized carbons (Fsp3) is 0.136. The maximum Gasteiger partial charge on any atom is 0.226 e. The van der Waals surface area contributed by atoms with E-state index in [1.165, 1.54) is 35.6 Å². The van der Waals surface area contributed by atoms with Gasteiger partial charge in [-0.15, -0.1) is 11.3 Å². The Kier molecular flexibility index (Phi) is 5.85. The number of aromatic nitrogens is 2. The normalized spacial score (nSPS) is 10.7. The Morgan fingerprint density at radius 3 is 2.80 bits per heavy atom. The molecule has 30 heavy (non-hydrogen) atoms. The van der Waals surface area contributed by atoms with E-state index in [0.717, 1.165) is 16.3 Å². The number of furan rings is 1. The van der Waals surface area contributed by atoms with Gasteiger partial charge in [0.05, 0.1) is 12.1 Å². The van der Waals surface area contributed by atoms with Gasteiger partial charge in [-0.1, -0.05) is 0 Å². The van der Waals surface area contributed by atoms with Crippen LogP contribution in [0.5, 0.6) is 11.6 Å². The molecule has 4 aromatic rings. The number of rotatable bonds is 7. The summed E-state index contributed by atoms with van der Waals surface area (Å²) >= 11 is 1.44. The molecule has 0 unspecified atom stereocenters. The van der Waals surface area contributed by atoms with Crippen molar-refractivity contribution in [3.63, 3.8) is 0 Å². The summed E-state index contributed by atoms with van der Waals surface area (Å²) in [6, 6.07) is 12.9. The lowest BCUT2D eigenvalue weighted by molar-refractivity contribution is -0.120. The van der Waals surface area contributed by atoms with Crippen LogP contribution >= 0.6 is 11.3 Å². The zero-order valence-electron chi connectivity index (χ0n) is 16.1. The van der Waals surface area contributed by atoms with Gasteiger partial charge in [0, 0.05) is 24.2 Å². The van der Waals surface area contributed by atoms with Crippen molar-refractivity contribution < 1.29 is 18.3 Å². The van der Waals surface area contributed by atoms with Gasteiger partial charge in [-0.3, -0.25) is 4.79 Å². The van der Waals surface area contributed by atoms with Crippen LogP contribution in [0.4, 0.5) is 4.39 Å². The number of hydrogen-bond acceptors (Lipinski definition) is 6. The number of carbonyl (C=O) groups excluding carboxylic acids is 1. The highest BCUT2D eigenvalue weighted by atomic mass is 32.1. The van der Waals surface area contributed by atoms with Crippen molar-refractivity contribution >= 4 is 17.2 Å². The molecule has 0 fully saturated rings. The molecule has 152 valence electrons. The molecule has 0 saturated carbocycles. The van der Waals surface area contributed by atoms with Gasteiger partial charge in [0.25, 0.3) is 0 Å². The van der Waals surface area contributed by atoms with Crippen molar-refractivity contribution in [2.24, 2.45) is 0 Å². The summed E-state index contributed by atoms with van der Waals surface area (Å²) in [5.41, 5.74) is 1.53. The Hall–Kier alpha value is -3.52. The molecular formula is C22H18FN3O3S. The van der Waals surface area contributed by atoms with Gasteiger partial charge in [0.1, 0.15) is 17.3 Å². The number of halogens is 1. The van der Waals surface area contributed by atoms with Crippen molar-refractivity contribution in [1.29, 1.82) is 0 Å². The molecule has 0 saturated heterocycles. The minimum Gasteiger partial charge on any atom is -0.459 e. The first-order valence-corrected chi connectivity index (χ1v) is 10.1. The number of ether oxygens (including phenoxy) is 1. The van der Waals surface area contributed by atoms with E-state index in [0.29, 0.717) is 29.6 Å². The second kappa shape index (κ2) is 8.87. The molecule has 0 spiro atoms. The standard InChI is InChI=1S/C22H18FN3O3S/c1-14-2-7-19(28-14)22-26-17(13-30-22)11-20(27)25-12-15-8-9-24-21(10-15)29-18-5-3-16(23)4-6-18/h2-10,13H,11-12H2,1H3,(H,25,27). The summed E-state index contributed by atoms with van der Waals surface area (Å²) in [6.45, 7) is 2.20. The number of thiazole rings is 1. The number of aryl methyl sites for hydroxylation is 1. The van der Waals surface area contributed by atoms with E-state index >= 15 is 0 Å². The molecule has 6 nitrogen and oxygen atoms in total. The van der Waals surface area contributed by atoms with E-state index in [-0.39, 0.29) is 18.1 Å². The van der Waals surface area contributed by atoms with E-state index in [1.807, 2.05) is 24.4 Å². The Balaban J connectivity index is 1.32. The van der Waals surface area contributed by atoms with Crippen LogP contribution in [0, 0.1) is 12.7 Å². The van der Waals surface area contributed by atoms with Crippen LogP contribution in [0.15, 0.2) is 64.5 Å². The number of nitrogens with zero attached hydrogens (tertiary/aromatic N) is 2. The largest absolute Gasteiger partial charge is 0.459 e. The summed E-state index contributed by atoms with van der Waals surface area (Å²) < 4.78 is 24.2. The lowest BCUT2D eigenvalue weighted by Crippen LogP contribution is -2.24. The monoisotopic (exact) mass is 423 g/mol. The first-order chi connectivity index (χ1) is 14.5. The highest BCUT2D eigenvalue weighted by Gasteiger charge is 2.11. The van der Waals surface area contributed by atoms with E-state index in [2.05, 4.69) is 15.3 Å². The summed E-state index contributed by atoms with van der Waals surface area (Å²) in [5, 5.41) is 5.48. The summed E-state index contributed by atoms with van der Waals surface area (Å²) in [4.78, 5) is 20.9.